The van der Waals surface area contributed by atoms with E-state index in [1.54, 1.807) is 0 Å². The first-order valence-corrected chi connectivity index (χ1v) is 6.44. The topological polar surface area (TPSA) is 29.3 Å². The van der Waals surface area contributed by atoms with Crippen molar-refractivity contribution >= 4 is 0 Å². The summed E-state index contributed by atoms with van der Waals surface area (Å²) in [6.45, 7) is 5.76. The van der Waals surface area contributed by atoms with Crippen LogP contribution in [-0.2, 0) is 6.42 Å². The fourth-order valence-corrected chi connectivity index (χ4v) is 2.26. The molecule has 0 bridgehead atoms. The highest BCUT2D eigenvalue weighted by Crippen LogP contribution is 2.26. The second kappa shape index (κ2) is 5.99. The Kier molecular flexibility index (Phi) is 4.35. The molecule has 1 fully saturated rings. The predicted molar refractivity (Wildman–Crippen MR) is 72.9 cm³/mol. The third kappa shape index (κ3) is 3.99. The van der Waals surface area contributed by atoms with E-state index in [-0.39, 0.29) is 6.04 Å². The lowest BCUT2D eigenvalue weighted by Gasteiger charge is -2.24. The van der Waals surface area contributed by atoms with Gasteiger partial charge in [-0.2, -0.15) is 0 Å². The van der Waals surface area contributed by atoms with Crippen LogP contribution < -0.4 is 5.73 Å². The maximum atomic E-state index is 6.23. The summed E-state index contributed by atoms with van der Waals surface area (Å²) in [6.07, 6.45) is 5.59. The van der Waals surface area contributed by atoms with Crippen molar-refractivity contribution in [2.45, 2.75) is 31.3 Å². The molecule has 1 unspecified atom stereocenters. The van der Waals surface area contributed by atoms with E-state index in [2.05, 4.69) is 35.7 Å². The molecule has 0 aromatic heterocycles. The van der Waals surface area contributed by atoms with Crippen molar-refractivity contribution in [1.82, 2.24) is 4.90 Å². The van der Waals surface area contributed by atoms with E-state index in [0.717, 1.165) is 25.6 Å². The summed E-state index contributed by atoms with van der Waals surface area (Å²) in [5.41, 5.74) is 7.55. The highest BCUT2D eigenvalue weighted by Gasteiger charge is 2.28. The number of nitrogens with zero attached hydrogens (tertiary/aromatic N) is 1. The van der Waals surface area contributed by atoms with Gasteiger partial charge < -0.3 is 5.73 Å². The summed E-state index contributed by atoms with van der Waals surface area (Å²) in [6, 6.07) is 11.5. The first kappa shape index (κ1) is 12.3. The lowest BCUT2D eigenvalue weighted by Crippen LogP contribution is -2.40. The fourth-order valence-electron chi connectivity index (χ4n) is 2.26. The smallest absolute Gasteiger partial charge is 0.0208 e. The molecule has 0 heterocycles. The minimum atomic E-state index is 0.220. The number of hydrogen-bond donors (Lipinski definition) is 1. The monoisotopic (exact) mass is 230 g/mol. The zero-order valence-electron chi connectivity index (χ0n) is 10.4. The molecule has 2 rings (SSSR count). The van der Waals surface area contributed by atoms with Gasteiger partial charge in [-0.15, -0.1) is 6.58 Å². The zero-order chi connectivity index (χ0) is 12.1. The van der Waals surface area contributed by atoms with Gasteiger partial charge >= 0.3 is 0 Å². The van der Waals surface area contributed by atoms with Crippen molar-refractivity contribution in [3.63, 3.8) is 0 Å². The van der Waals surface area contributed by atoms with Crippen LogP contribution in [0.1, 0.15) is 18.4 Å². The molecule has 17 heavy (non-hydrogen) atoms. The molecular weight excluding hydrogens is 208 g/mol. The summed E-state index contributed by atoms with van der Waals surface area (Å²) >= 11 is 0. The van der Waals surface area contributed by atoms with Crippen LogP contribution in [0.3, 0.4) is 0 Å². The van der Waals surface area contributed by atoms with Crippen molar-refractivity contribution in [2.24, 2.45) is 5.73 Å². The van der Waals surface area contributed by atoms with Gasteiger partial charge in [-0.05, 0) is 24.8 Å². The van der Waals surface area contributed by atoms with Gasteiger partial charge in [0.05, 0.1) is 0 Å². The number of nitrogens with two attached hydrogens (primary N) is 1. The molecule has 1 aliphatic rings. The lowest BCUT2D eigenvalue weighted by molar-refractivity contribution is 0.272. The normalized spacial score (nSPS) is 17.1. The van der Waals surface area contributed by atoms with Crippen LogP contribution in [0.2, 0.25) is 0 Å². The minimum Gasteiger partial charge on any atom is -0.326 e. The quantitative estimate of drug-likeness (QED) is 0.728. The summed E-state index contributed by atoms with van der Waals surface area (Å²) < 4.78 is 0. The Morgan fingerprint density at radius 1 is 1.35 bits per heavy atom. The van der Waals surface area contributed by atoms with Crippen LogP contribution in [0.5, 0.6) is 0 Å². The molecular formula is C15H22N2. The van der Waals surface area contributed by atoms with E-state index >= 15 is 0 Å². The summed E-state index contributed by atoms with van der Waals surface area (Å²) in [5, 5.41) is 0. The standard InChI is InChI=1S/C15H22N2/c1-2-10-17(15-8-9-15)12-14(16)11-13-6-4-3-5-7-13/h2-7,14-15H,1,8-12,16H2. The van der Waals surface area contributed by atoms with Crippen molar-refractivity contribution in [2.75, 3.05) is 13.1 Å². The van der Waals surface area contributed by atoms with Crippen molar-refractivity contribution in [3.8, 4) is 0 Å². The van der Waals surface area contributed by atoms with Gasteiger partial charge in [0.25, 0.3) is 0 Å². The molecule has 1 aromatic rings. The van der Waals surface area contributed by atoms with Crippen LogP contribution in [0.4, 0.5) is 0 Å². The molecule has 0 spiro atoms. The summed E-state index contributed by atoms with van der Waals surface area (Å²) in [4.78, 5) is 2.46. The molecule has 1 aromatic carbocycles. The lowest BCUT2D eigenvalue weighted by atomic mass is 10.1. The average Bonchev–Trinajstić information content (AvgIpc) is 3.13. The average molecular weight is 230 g/mol. The van der Waals surface area contributed by atoms with Gasteiger partial charge in [-0.25, -0.2) is 0 Å². The van der Waals surface area contributed by atoms with Crippen LogP contribution in [0.25, 0.3) is 0 Å². The Balaban J connectivity index is 1.83. The Hall–Kier alpha value is -1.12. The molecule has 2 N–H and O–H groups in total. The van der Waals surface area contributed by atoms with E-state index < -0.39 is 0 Å². The van der Waals surface area contributed by atoms with Gasteiger partial charge in [-0.3, -0.25) is 4.90 Å². The number of hydrogen-bond acceptors (Lipinski definition) is 2. The minimum absolute atomic E-state index is 0.220. The Bertz CT molecular complexity index is 343. The molecule has 1 atom stereocenters. The maximum absolute atomic E-state index is 6.23. The van der Waals surface area contributed by atoms with Crippen LogP contribution in [-0.4, -0.2) is 30.1 Å². The first-order valence-electron chi connectivity index (χ1n) is 6.44. The largest absolute Gasteiger partial charge is 0.326 e. The fraction of sp³-hybridized carbons (Fsp3) is 0.467. The molecule has 92 valence electrons. The van der Waals surface area contributed by atoms with Gasteiger partial charge in [0.2, 0.25) is 0 Å². The van der Waals surface area contributed by atoms with E-state index in [1.165, 1.54) is 18.4 Å². The second-order valence-electron chi connectivity index (χ2n) is 4.92. The summed E-state index contributed by atoms with van der Waals surface area (Å²) in [7, 11) is 0. The highest BCUT2D eigenvalue weighted by molar-refractivity contribution is 5.15. The van der Waals surface area contributed by atoms with E-state index in [0.29, 0.717) is 0 Å². The molecule has 2 heteroatoms. The van der Waals surface area contributed by atoms with Crippen molar-refractivity contribution in [3.05, 3.63) is 48.6 Å². The van der Waals surface area contributed by atoms with Gasteiger partial charge in [0.15, 0.2) is 0 Å². The van der Waals surface area contributed by atoms with Crippen molar-refractivity contribution in [1.29, 1.82) is 0 Å². The molecule has 0 amide bonds. The molecule has 1 aliphatic carbocycles. The van der Waals surface area contributed by atoms with E-state index in [1.807, 2.05) is 12.1 Å². The van der Waals surface area contributed by atoms with Crippen LogP contribution >= 0.6 is 0 Å². The Morgan fingerprint density at radius 3 is 2.65 bits per heavy atom. The number of benzene rings is 1. The highest BCUT2D eigenvalue weighted by atomic mass is 15.2. The second-order valence-corrected chi connectivity index (χ2v) is 4.92. The third-order valence-corrected chi connectivity index (χ3v) is 3.24. The van der Waals surface area contributed by atoms with Gasteiger partial charge in [0, 0.05) is 25.2 Å². The van der Waals surface area contributed by atoms with E-state index in [4.69, 9.17) is 5.73 Å². The SMILES string of the molecule is C=CCN(CC(N)Cc1ccccc1)C1CC1. The molecule has 0 radical (unpaired) electrons. The molecule has 0 saturated heterocycles. The first-order chi connectivity index (χ1) is 8.29. The zero-order valence-corrected chi connectivity index (χ0v) is 10.4. The van der Waals surface area contributed by atoms with Gasteiger partial charge in [0.1, 0.15) is 0 Å². The van der Waals surface area contributed by atoms with Crippen LogP contribution in [0, 0.1) is 0 Å². The Labute approximate surface area is 104 Å². The Morgan fingerprint density at radius 2 is 2.06 bits per heavy atom. The van der Waals surface area contributed by atoms with Crippen LogP contribution in [0.15, 0.2) is 43.0 Å². The van der Waals surface area contributed by atoms with E-state index in [9.17, 15) is 0 Å². The van der Waals surface area contributed by atoms with Crippen molar-refractivity contribution < 1.29 is 0 Å². The maximum Gasteiger partial charge on any atom is 0.0208 e. The third-order valence-electron chi connectivity index (χ3n) is 3.24. The molecule has 1 saturated carbocycles. The van der Waals surface area contributed by atoms with Gasteiger partial charge in [-0.1, -0.05) is 36.4 Å². The predicted octanol–water partition coefficient (Wildman–Crippen LogP) is 2.21. The summed E-state index contributed by atoms with van der Waals surface area (Å²) in [5.74, 6) is 0. The molecule has 2 nitrogen and oxygen atoms in total. The molecule has 0 aliphatic heterocycles. The number of rotatable bonds is 7.